The number of likely N-dealkylation sites (tertiary alicyclic amines) is 1. The Balaban J connectivity index is 1.29. The Bertz CT molecular complexity index is 1560. The Hall–Kier alpha value is -4.57. The zero-order chi connectivity index (χ0) is 29.1. The summed E-state index contributed by atoms with van der Waals surface area (Å²) >= 11 is 0. The summed E-state index contributed by atoms with van der Waals surface area (Å²) in [6.45, 7) is 9.47. The van der Waals surface area contributed by atoms with E-state index < -0.39 is 10.9 Å². The summed E-state index contributed by atoms with van der Waals surface area (Å²) in [6.07, 6.45) is 1.86. The van der Waals surface area contributed by atoms with Crippen molar-refractivity contribution in [3.05, 3.63) is 93.5 Å². The fraction of sp³-hybridized carbons (Fsp3) is 0.323. The van der Waals surface area contributed by atoms with Crippen LogP contribution in [0.3, 0.4) is 0 Å². The van der Waals surface area contributed by atoms with Crippen LogP contribution in [0.5, 0.6) is 0 Å². The van der Waals surface area contributed by atoms with Crippen molar-refractivity contribution in [2.75, 3.05) is 23.7 Å². The van der Waals surface area contributed by atoms with Gasteiger partial charge in [0.2, 0.25) is 5.95 Å². The van der Waals surface area contributed by atoms with Gasteiger partial charge in [-0.15, -0.1) is 0 Å². The number of nitrogens with zero attached hydrogens (tertiary/aromatic N) is 4. The van der Waals surface area contributed by atoms with Crippen LogP contribution in [-0.2, 0) is 12.0 Å². The maximum Gasteiger partial charge on any atom is 0.335 e. The molecule has 3 aromatic carbocycles. The minimum Gasteiger partial charge on any atom is -0.478 e. The van der Waals surface area contributed by atoms with E-state index in [-0.39, 0.29) is 22.7 Å². The molecule has 0 spiro atoms. The molecule has 5 rings (SSSR count). The quantitative estimate of drug-likeness (QED) is 0.168. The number of aromatic carboxylic acids is 1. The van der Waals surface area contributed by atoms with Gasteiger partial charge in [-0.1, -0.05) is 45.0 Å². The number of benzene rings is 3. The smallest absolute Gasteiger partial charge is 0.335 e. The normalized spacial score (nSPS) is 14.6. The van der Waals surface area contributed by atoms with E-state index in [9.17, 15) is 20.0 Å². The molecule has 212 valence electrons. The largest absolute Gasteiger partial charge is 0.478 e. The number of piperidine rings is 1. The van der Waals surface area contributed by atoms with Gasteiger partial charge in [0, 0.05) is 48.9 Å². The zero-order valence-electron chi connectivity index (χ0n) is 23.4. The number of hydrogen-bond acceptors (Lipinski definition) is 8. The van der Waals surface area contributed by atoms with Gasteiger partial charge in [-0.2, -0.15) is 4.98 Å². The second-order valence-electron chi connectivity index (χ2n) is 11.5. The van der Waals surface area contributed by atoms with E-state index in [4.69, 9.17) is 0 Å². The Morgan fingerprint density at radius 2 is 1.71 bits per heavy atom. The lowest BCUT2D eigenvalue weighted by atomic mass is 9.86. The summed E-state index contributed by atoms with van der Waals surface area (Å²) in [5, 5.41) is 27.8. The molecule has 0 bridgehead atoms. The van der Waals surface area contributed by atoms with E-state index in [0.29, 0.717) is 28.4 Å². The van der Waals surface area contributed by atoms with Crippen molar-refractivity contribution in [2.24, 2.45) is 0 Å². The molecule has 1 aliphatic rings. The minimum atomic E-state index is -1.02. The predicted octanol–water partition coefficient (Wildman–Crippen LogP) is 6.35. The van der Waals surface area contributed by atoms with Crippen molar-refractivity contribution >= 4 is 40.0 Å². The van der Waals surface area contributed by atoms with Crippen LogP contribution in [0.4, 0.5) is 23.1 Å². The third-order valence-electron chi connectivity index (χ3n) is 7.43. The monoisotopic (exact) mass is 554 g/mol. The molecular formula is C31H34N6O4. The van der Waals surface area contributed by atoms with Crippen molar-refractivity contribution in [1.82, 2.24) is 14.9 Å². The maximum absolute atomic E-state index is 11.4. The Labute approximate surface area is 238 Å². The highest BCUT2D eigenvalue weighted by molar-refractivity contribution is 5.94. The van der Waals surface area contributed by atoms with E-state index >= 15 is 0 Å². The molecule has 3 N–H and O–H groups in total. The van der Waals surface area contributed by atoms with Gasteiger partial charge in [-0.3, -0.25) is 15.0 Å². The molecule has 41 heavy (non-hydrogen) atoms. The van der Waals surface area contributed by atoms with Gasteiger partial charge in [0.1, 0.15) is 5.82 Å². The molecule has 0 radical (unpaired) electrons. The molecule has 0 amide bonds. The van der Waals surface area contributed by atoms with Gasteiger partial charge in [0.05, 0.1) is 16.0 Å². The molecule has 1 saturated heterocycles. The highest BCUT2D eigenvalue weighted by atomic mass is 16.6. The van der Waals surface area contributed by atoms with Crippen molar-refractivity contribution in [2.45, 2.75) is 51.6 Å². The Morgan fingerprint density at radius 3 is 2.32 bits per heavy atom. The van der Waals surface area contributed by atoms with Crippen LogP contribution in [0.1, 0.15) is 55.1 Å². The summed E-state index contributed by atoms with van der Waals surface area (Å²) in [5.41, 5.74) is 4.05. The van der Waals surface area contributed by atoms with Crippen LogP contribution >= 0.6 is 0 Å². The fourth-order valence-electron chi connectivity index (χ4n) is 5.01. The Morgan fingerprint density at radius 1 is 1.02 bits per heavy atom. The summed E-state index contributed by atoms with van der Waals surface area (Å²) < 4.78 is 0. The van der Waals surface area contributed by atoms with Gasteiger partial charge in [-0.25, -0.2) is 9.78 Å². The minimum absolute atomic E-state index is 0.0634. The fourth-order valence-corrected chi connectivity index (χ4v) is 5.01. The molecule has 10 nitrogen and oxygen atoms in total. The lowest BCUT2D eigenvalue weighted by Crippen LogP contribution is -2.39. The number of nitro groups is 1. The Kier molecular flexibility index (Phi) is 7.85. The van der Waals surface area contributed by atoms with Gasteiger partial charge in [0.25, 0.3) is 5.69 Å². The molecule has 4 aromatic rings. The van der Waals surface area contributed by atoms with Crippen molar-refractivity contribution in [3.8, 4) is 0 Å². The van der Waals surface area contributed by atoms with E-state index in [2.05, 4.69) is 70.5 Å². The highest BCUT2D eigenvalue weighted by Crippen LogP contribution is 2.30. The molecule has 2 heterocycles. The number of carboxylic acids is 1. The number of carbonyl (C=O) groups is 1. The SMILES string of the molecule is CC(C)(C)c1ccc(CN2CCC(Nc3nc(Nc4ccc(C(=O)O)cc4)c4cc([N+](=O)[O-])ccc4n3)CC2)cc1. The average Bonchev–Trinajstić information content (AvgIpc) is 2.94. The van der Waals surface area contributed by atoms with Crippen LogP contribution in [0.25, 0.3) is 10.9 Å². The molecule has 1 aliphatic heterocycles. The number of aromatic nitrogens is 2. The third kappa shape index (κ3) is 6.78. The first-order chi connectivity index (χ1) is 19.5. The first-order valence-corrected chi connectivity index (χ1v) is 13.7. The van der Waals surface area contributed by atoms with Gasteiger partial charge in [0.15, 0.2) is 0 Å². The standard InChI is InChI=1S/C31H34N6O4/c1-31(2,3)22-8-4-20(5-9-22)19-36-16-14-24(15-17-36)33-30-34-27-13-12-25(37(40)41)18-26(27)28(35-30)32-23-10-6-21(7-11-23)29(38)39/h4-13,18,24H,14-17,19H2,1-3H3,(H,38,39)(H2,32,33,34,35). The molecule has 0 unspecified atom stereocenters. The van der Waals surface area contributed by atoms with Crippen LogP contribution in [0, 0.1) is 10.1 Å². The van der Waals surface area contributed by atoms with Crippen molar-refractivity contribution in [1.29, 1.82) is 0 Å². The number of anilines is 3. The van der Waals surface area contributed by atoms with E-state index in [1.165, 1.54) is 35.4 Å². The topological polar surface area (TPSA) is 134 Å². The van der Waals surface area contributed by atoms with Crippen molar-refractivity contribution < 1.29 is 14.8 Å². The number of non-ortho nitro benzene ring substituents is 1. The van der Waals surface area contributed by atoms with Gasteiger partial charge in [-0.05, 0) is 59.7 Å². The zero-order valence-corrected chi connectivity index (χ0v) is 23.4. The molecule has 1 fully saturated rings. The number of nitrogens with one attached hydrogen (secondary N) is 2. The molecular weight excluding hydrogens is 520 g/mol. The lowest BCUT2D eigenvalue weighted by molar-refractivity contribution is -0.384. The van der Waals surface area contributed by atoms with Gasteiger partial charge >= 0.3 is 5.97 Å². The second kappa shape index (κ2) is 11.5. The number of rotatable bonds is 8. The maximum atomic E-state index is 11.4. The second-order valence-corrected chi connectivity index (χ2v) is 11.5. The van der Waals surface area contributed by atoms with Gasteiger partial charge < -0.3 is 15.7 Å². The summed E-state index contributed by atoms with van der Waals surface area (Å²) in [6, 6.07) is 19.8. The van der Waals surface area contributed by atoms with Crippen molar-refractivity contribution in [3.63, 3.8) is 0 Å². The molecule has 10 heteroatoms. The van der Waals surface area contributed by atoms with E-state index in [0.717, 1.165) is 32.5 Å². The van der Waals surface area contributed by atoms with Crippen LogP contribution in [-0.4, -0.2) is 50.0 Å². The average molecular weight is 555 g/mol. The lowest BCUT2D eigenvalue weighted by Gasteiger charge is -2.32. The molecule has 0 atom stereocenters. The van der Waals surface area contributed by atoms with E-state index in [1.54, 1.807) is 18.2 Å². The molecule has 1 aromatic heterocycles. The van der Waals surface area contributed by atoms with Crippen LogP contribution in [0.2, 0.25) is 0 Å². The number of carboxylic acid groups (broad SMARTS) is 1. The van der Waals surface area contributed by atoms with Crippen LogP contribution in [0.15, 0.2) is 66.7 Å². The first kappa shape index (κ1) is 28.0. The van der Waals surface area contributed by atoms with E-state index in [1.807, 2.05) is 0 Å². The predicted molar refractivity (Wildman–Crippen MR) is 160 cm³/mol. The molecule has 0 aliphatic carbocycles. The summed E-state index contributed by atoms with van der Waals surface area (Å²) in [7, 11) is 0. The number of hydrogen-bond donors (Lipinski definition) is 3. The molecule has 0 saturated carbocycles. The van der Waals surface area contributed by atoms with Crippen LogP contribution < -0.4 is 10.6 Å². The number of fused-ring (bicyclic) bond motifs is 1. The first-order valence-electron chi connectivity index (χ1n) is 13.7. The highest BCUT2D eigenvalue weighted by Gasteiger charge is 2.22. The summed E-state index contributed by atoms with van der Waals surface area (Å²) in [5.74, 6) is -0.178. The summed E-state index contributed by atoms with van der Waals surface area (Å²) in [4.78, 5) is 34.0. The third-order valence-corrected chi connectivity index (χ3v) is 7.43. The number of nitro benzene ring substituents is 1.